The largest absolute Gasteiger partial charge is 0.505 e. The molecule has 0 spiro atoms. The minimum absolute atomic E-state index is 0.0263. The van der Waals surface area contributed by atoms with Gasteiger partial charge in [0.05, 0.1) is 6.61 Å². The SMILES string of the molecule is CCOC(=O)c1nc(C(F)F)cc(CN)c1O. The Balaban J connectivity index is 3.27. The van der Waals surface area contributed by atoms with Gasteiger partial charge in [-0.25, -0.2) is 18.6 Å². The minimum Gasteiger partial charge on any atom is -0.505 e. The molecule has 1 aromatic heterocycles. The lowest BCUT2D eigenvalue weighted by molar-refractivity contribution is 0.0514. The molecule has 0 aromatic carbocycles. The summed E-state index contributed by atoms with van der Waals surface area (Å²) in [6.45, 7) is 1.42. The summed E-state index contributed by atoms with van der Waals surface area (Å²) in [5, 5.41) is 9.60. The van der Waals surface area contributed by atoms with Crippen LogP contribution in [-0.4, -0.2) is 22.7 Å². The predicted octanol–water partition coefficient (Wildman–Crippen LogP) is 1.36. The van der Waals surface area contributed by atoms with Gasteiger partial charge in [-0.3, -0.25) is 0 Å². The highest BCUT2D eigenvalue weighted by Gasteiger charge is 2.21. The Morgan fingerprint density at radius 2 is 2.29 bits per heavy atom. The van der Waals surface area contributed by atoms with Crippen molar-refractivity contribution in [3.05, 3.63) is 23.0 Å². The number of ether oxygens (including phenoxy) is 1. The molecule has 0 saturated heterocycles. The van der Waals surface area contributed by atoms with Crippen molar-refractivity contribution in [2.24, 2.45) is 5.73 Å². The van der Waals surface area contributed by atoms with Crippen LogP contribution in [0.15, 0.2) is 6.07 Å². The maximum Gasteiger partial charge on any atom is 0.360 e. The average molecular weight is 246 g/mol. The monoisotopic (exact) mass is 246 g/mol. The standard InChI is InChI=1S/C10H12F2N2O3/c1-2-17-10(16)7-8(15)5(4-13)3-6(14-7)9(11)12/h3,9,15H,2,4,13H2,1H3. The molecule has 7 heteroatoms. The van der Waals surface area contributed by atoms with Crippen LogP contribution in [-0.2, 0) is 11.3 Å². The number of nitrogens with zero attached hydrogens (tertiary/aromatic N) is 1. The van der Waals surface area contributed by atoms with E-state index in [9.17, 15) is 18.7 Å². The Hall–Kier alpha value is -1.76. The lowest BCUT2D eigenvalue weighted by Gasteiger charge is -2.09. The number of rotatable bonds is 4. The predicted molar refractivity (Wildman–Crippen MR) is 54.7 cm³/mol. The third kappa shape index (κ3) is 2.88. The summed E-state index contributed by atoms with van der Waals surface area (Å²) < 4.78 is 29.6. The fourth-order valence-corrected chi connectivity index (χ4v) is 1.22. The van der Waals surface area contributed by atoms with E-state index in [1.807, 2.05) is 0 Å². The average Bonchev–Trinajstić information content (AvgIpc) is 2.29. The highest BCUT2D eigenvalue weighted by atomic mass is 19.3. The fourth-order valence-electron chi connectivity index (χ4n) is 1.22. The summed E-state index contributed by atoms with van der Waals surface area (Å²) in [5.74, 6) is -1.47. The molecule has 3 N–H and O–H groups in total. The minimum atomic E-state index is -2.85. The summed E-state index contributed by atoms with van der Waals surface area (Å²) >= 11 is 0. The molecule has 1 rings (SSSR count). The zero-order chi connectivity index (χ0) is 13.0. The molecule has 0 radical (unpaired) electrons. The Labute approximate surface area is 96.2 Å². The van der Waals surface area contributed by atoms with Crippen molar-refractivity contribution < 1.29 is 23.4 Å². The van der Waals surface area contributed by atoms with E-state index in [1.165, 1.54) is 0 Å². The lowest BCUT2D eigenvalue weighted by Crippen LogP contribution is -2.12. The van der Waals surface area contributed by atoms with E-state index in [0.717, 1.165) is 6.07 Å². The van der Waals surface area contributed by atoms with Gasteiger partial charge in [0.1, 0.15) is 5.69 Å². The molecule has 0 fully saturated rings. The second-order valence-electron chi connectivity index (χ2n) is 3.13. The van der Waals surface area contributed by atoms with E-state index in [0.29, 0.717) is 0 Å². The molecule has 0 bridgehead atoms. The van der Waals surface area contributed by atoms with Crippen LogP contribution in [0.5, 0.6) is 5.75 Å². The number of esters is 1. The molecule has 1 aromatic rings. The lowest BCUT2D eigenvalue weighted by atomic mass is 10.1. The number of nitrogens with two attached hydrogens (primary N) is 1. The molecule has 0 aliphatic heterocycles. The molecule has 1 heterocycles. The van der Waals surface area contributed by atoms with Gasteiger partial charge in [0.15, 0.2) is 11.4 Å². The second-order valence-corrected chi connectivity index (χ2v) is 3.13. The van der Waals surface area contributed by atoms with E-state index in [1.54, 1.807) is 6.92 Å². The molecule has 94 valence electrons. The maximum absolute atomic E-state index is 12.5. The quantitative estimate of drug-likeness (QED) is 0.783. The number of carbonyl (C=O) groups excluding carboxylic acids is 1. The summed E-state index contributed by atoms with van der Waals surface area (Å²) in [6.07, 6.45) is -2.85. The summed E-state index contributed by atoms with van der Waals surface area (Å²) in [6, 6.07) is 0.961. The number of halogens is 2. The van der Waals surface area contributed by atoms with Crippen molar-refractivity contribution in [3.63, 3.8) is 0 Å². The molecule has 0 aliphatic rings. The van der Waals surface area contributed by atoms with Gasteiger partial charge < -0.3 is 15.6 Å². The Morgan fingerprint density at radius 3 is 2.76 bits per heavy atom. The third-order valence-electron chi connectivity index (χ3n) is 2.00. The van der Waals surface area contributed by atoms with Crippen LogP contribution in [0.3, 0.4) is 0 Å². The van der Waals surface area contributed by atoms with Gasteiger partial charge in [-0.05, 0) is 13.0 Å². The summed E-state index contributed by atoms with van der Waals surface area (Å²) in [5.41, 5.74) is 4.15. The van der Waals surface area contributed by atoms with Crippen molar-refractivity contribution >= 4 is 5.97 Å². The number of carbonyl (C=O) groups is 1. The van der Waals surface area contributed by atoms with Crippen LogP contribution in [0.25, 0.3) is 0 Å². The van der Waals surface area contributed by atoms with Crippen LogP contribution in [0.2, 0.25) is 0 Å². The topological polar surface area (TPSA) is 85.4 Å². The number of hydrogen-bond donors (Lipinski definition) is 2. The van der Waals surface area contributed by atoms with Gasteiger partial charge in [-0.15, -0.1) is 0 Å². The van der Waals surface area contributed by atoms with Gasteiger partial charge in [0.2, 0.25) is 0 Å². The van der Waals surface area contributed by atoms with Gasteiger partial charge in [-0.1, -0.05) is 0 Å². The molecular formula is C10H12F2N2O3. The van der Waals surface area contributed by atoms with E-state index >= 15 is 0 Å². The van der Waals surface area contributed by atoms with E-state index in [4.69, 9.17) is 5.73 Å². The zero-order valence-corrected chi connectivity index (χ0v) is 9.11. The van der Waals surface area contributed by atoms with Crippen LogP contribution in [0.1, 0.15) is 35.1 Å². The van der Waals surface area contributed by atoms with Gasteiger partial charge in [-0.2, -0.15) is 0 Å². The van der Waals surface area contributed by atoms with Crippen molar-refractivity contribution in [3.8, 4) is 5.75 Å². The molecular weight excluding hydrogens is 234 g/mol. The first kappa shape index (κ1) is 13.3. The first-order valence-electron chi connectivity index (χ1n) is 4.89. The maximum atomic E-state index is 12.5. The van der Waals surface area contributed by atoms with Crippen molar-refractivity contribution in [1.29, 1.82) is 0 Å². The third-order valence-corrected chi connectivity index (χ3v) is 2.00. The molecule has 0 atom stereocenters. The number of aromatic nitrogens is 1. The first-order chi connectivity index (χ1) is 8.01. The highest BCUT2D eigenvalue weighted by molar-refractivity contribution is 5.90. The van der Waals surface area contributed by atoms with E-state index in [-0.39, 0.29) is 18.7 Å². The first-order valence-corrected chi connectivity index (χ1v) is 4.89. The van der Waals surface area contributed by atoms with Crippen LogP contribution in [0, 0.1) is 0 Å². The van der Waals surface area contributed by atoms with E-state index < -0.39 is 29.5 Å². The zero-order valence-electron chi connectivity index (χ0n) is 9.11. The molecule has 0 aliphatic carbocycles. The Bertz CT molecular complexity index is 424. The number of alkyl halides is 2. The van der Waals surface area contributed by atoms with E-state index in [2.05, 4.69) is 9.72 Å². The van der Waals surface area contributed by atoms with Crippen molar-refractivity contribution in [2.75, 3.05) is 6.61 Å². The summed E-state index contributed by atoms with van der Waals surface area (Å²) in [4.78, 5) is 14.7. The van der Waals surface area contributed by atoms with Gasteiger partial charge in [0.25, 0.3) is 6.43 Å². The number of aromatic hydroxyl groups is 1. The Kier molecular flexibility index (Phi) is 4.33. The van der Waals surface area contributed by atoms with Crippen LogP contribution < -0.4 is 5.73 Å². The molecule has 5 nitrogen and oxygen atoms in total. The highest BCUT2D eigenvalue weighted by Crippen LogP contribution is 2.26. The smallest absolute Gasteiger partial charge is 0.360 e. The molecule has 0 unspecified atom stereocenters. The van der Waals surface area contributed by atoms with Crippen LogP contribution >= 0.6 is 0 Å². The normalized spacial score (nSPS) is 10.6. The summed E-state index contributed by atoms with van der Waals surface area (Å²) in [7, 11) is 0. The molecule has 17 heavy (non-hydrogen) atoms. The Morgan fingerprint density at radius 1 is 1.65 bits per heavy atom. The number of pyridine rings is 1. The second kappa shape index (κ2) is 5.53. The van der Waals surface area contributed by atoms with Crippen LogP contribution in [0.4, 0.5) is 8.78 Å². The van der Waals surface area contributed by atoms with Crippen molar-refractivity contribution in [1.82, 2.24) is 4.98 Å². The molecule has 0 saturated carbocycles. The number of hydrogen-bond acceptors (Lipinski definition) is 5. The fraction of sp³-hybridized carbons (Fsp3) is 0.400. The van der Waals surface area contributed by atoms with Gasteiger partial charge >= 0.3 is 5.97 Å². The van der Waals surface area contributed by atoms with Crippen molar-refractivity contribution in [2.45, 2.75) is 19.9 Å². The molecule has 0 amide bonds. The van der Waals surface area contributed by atoms with Gasteiger partial charge in [0, 0.05) is 12.1 Å².